The quantitative estimate of drug-likeness (QED) is 0.736. The second kappa shape index (κ2) is 5.46. The molecule has 0 unspecified atom stereocenters. The Morgan fingerprint density at radius 2 is 1.73 bits per heavy atom. The summed E-state index contributed by atoms with van der Waals surface area (Å²) >= 11 is 0. The third kappa shape index (κ3) is 4.25. The van der Waals surface area contributed by atoms with Crippen LogP contribution in [0.3, 0.4) is 0 Å². The van der Waals surface area contributed by atoms with Crippen LogP contribution in [0, 0.1) is 5.92 Å². The van der Waals surface area contributed by atoms with Gasteiger partial charge in [-0.1, -0.05) is 34.6 Å². The van der Waals surface area contributed by atoms with Crippen LogP contribution < -0.4 is 0 Å². The van der Waals surface area contributed by atoms with E-state index in [1.165, 1.54) is 0 Å². The summed E-state index contributed by atoms with van der Waals surface area (Å²) in [7, 11) is -1.68. The SMILES string of the molecule is CC[C@@H](O[Si](C)(C)C(C)(C)C)[C@@H](C)CO. The zero-order valence-corrected chi connectivity index (χ0v) is 12.4. The van der Waals surface area contributed by atoms with Crippen molar-refractivity contribution in [1.29, 1.82) is 0 Å². The van der Waals surface area contributed by atoms with E-state index in [4.69, 9.17) is 4.43 Å². The van der Waals surface area contributed by atoms with Crippen molar-refractivity contribution in [2.75, 3.05) is 6.61 Å². The maximum absolute atomic E-state index is 9.17. The van der Waals surface area contributed by atoms with Crippen LogP contribution in [-0.2, 0) is 4.43 Å². The molecule has 0 radical (unpaired) electrons. The Balaban J connectivity index is 4.54. The molecule has 0 heterocycles. The molecule has 0 aromatic heterocycles. The molecule has 0 fully saturated rings. The first kappa shape index (κ1) is 15.1. The van der Waals surface area contributed by atoms with Crippen LogP contribution >= 0.6 is 0 Å². The van der Waals surface area contributed by atoms with Crippen LogP contribution in [0.5, 0.6) is 0 Å². The lowest BCUT2D eigenvalue weighted by Crippen LogP contribution is -2.45. The van der Waals surface area contributed by atoms with Crippen molar-refractivity contribution in [3.63, 3.8) is 0 Å². The van der Waals surface area contributed by atoms with E-state index in [1.807, 2.05) is 0 Å². The average molecular weight is 232 g/mol. The summed E-state index contributed by atoms with van der Waals surface area (Å²) < 4.78 is 6.28. The van der Waals surface area contributed by atoms with E-state index >= 15 is 0 Å². The van der Waals surface area contributed by atoms with E-state index in [1.54, 1.807) is 0 Å². The Labute approximate surface area is 96.2 Å². The summed E-state index contributed by atoms with van der Waals surface area (Å²) in [6.45, 7) is 15.7. The van der Waals surface area contributed by atoms with Gasteiger partial charge in [-0.3, -0.25) is 0 Å². The van der Waals surface area contributed by atoms with Gasteiger partial charge in [-0.05, 0) is 24.6 Å². The first-order chi connectivity index (χ1) is 6.65. The van der Waals surface area contributed by atoms with Crippen molar-refractivity contribution in [1.82, 2.24) is 0 Å². The highest BCUT2D eigenvalue weighted by Gasteiger charge is 2.39. The molecule has 1 N–H and O–H groups in total. The normalized spacial score (nSPS) is 17.6. The maximum Gasteiger partial charge on any atom is 0.192 e. The number of hydrogen-bond donors (Lipinski definition) is 1. The fraction of sp³-hybridized carbons (Fsp3) is 1.00. The van der Waals surface area contributed by atoms with Crippen LogP contribution in [0.1, 0.15) is 41.0 Å². The Bertz CT molecular complexity index is 185. The van der Waals surface area contributed by atoms with Gasteiger partial charge in [-0.15, -0.1) is 0 Å². The van der Waals surface area contributed by atoms with Gasteiger partial charge < -0.3 is 9.53 Å². The van der Waals surface area contributed by atoms with Crippen LogP contribution in [0.15, 0.2) is 0 Å². The minimum absolute atomic E-state index is 0.205. The van der Waals surface area contributed by atoms with E-state index < -0.39 is 8.32 Å². The molecular formula is C12H28O2Si. The average Bonchev–Trinajstić information content (AvgIpc) is 2.11. The Morgan fingerprint density at radius 1 is 1.27 bits per heavy atom. The molecule has 15 heavy (non-hydrogen) atoms. The van der Waals surface area contributed by atoms with E-state index in [9.17, 15) is 5.11 Å². The van der Waals surface area contributed by atoms with Gasteiger partial charge in [0.2, 0.25) is 0 Å². The molecule has 0 spiro atoms. The van der Waals surface area contributed by atoms with Gasteiger partial charge in [0.25, 0.3) is 0 Å². The highest BCUT2D eigenvalue weighted by Crippen LogP contribution is 2.38. The molecule has 0 amide bonds. The molecule has 92 valence electrons. The molecule has 0 aromatic carbocycles. The fourth-order valence-corrected chi connectivity index (χ4v) is 2.78. The maximum atomic E-state index is 9.17. The molecule has 0 aliphatic carbocycles. The Hall–Kier alpha value is 0.137. The van der Waals surface area contributed by atoms with Gasteiger partial charge in [0.05, 0.1) is 0 Å². The zero-order valence-electron chi connectivity index (χ0n) is 11.4. The second-order valence-electron chi connectivity index (χ2n) is 5.98. The third-order valence-electron chi connectivity index (χ3n) is 3.58. The number of aliphatic hydroxyl groups excluding tert-OH is 1. The second-order valence-corrected chi connectivity index (χ2v) is 10.7. The van der Waals surface area contributed by atoms with Crippen molar-refractivity contribution in [3.8, 4) is 0 Å². The summed E-state index contributed by atoms with van der Waals surface area (Å²) in [5.41, 5.74) is 0. The predicted molar refractivity (Wildman–Crippen MR) is 68.6 cm³/mol. The smallest absolute Gasteiger partial charge is 0.192 e. The van der Waals surface area contributed by atoms with Gasteiger partial charge in [-0.2, -0.15) is 0 Å². The molecule has 0 saturated carbocycles. The van der Waals surface area contributed by atoms with Crippen molar-refractivity contribution in [2.24, 2.45) is 5.92 Å². The van der Waals surface area contributed by atoms with E-state index in [2.05, 4.69) is 47.7 Å². The van der Waals surface area contributed by atoms with Crippen molar-refractivity contribution in [3.05, 3.63) is 0 Å². The Morgan fingerprint density at radius 3 is 2.00 bits per heavy atom. The summed E-state index contributed by atoms with van der Waals surface area (Å²) in [5, 5.41) is 9.42. The fourth-order valence-electron chi connectivity index (χ4n) is 1.27. The molecule has 0 saturated heterocycles. The lowest BCUT2D eigenvalue weighted by atomic mass is 10.0. The lowest BCUT2D eigenvalue weighted by Gasteiger charge is -2.40. The Kier molecular flexibility index (Phi) is 5.51. The predicted octanol–water partition coefficient (Wildman–Crippen LogP) is 3.42. The molecule has 3 heteroatoms. The molecule has 2 atom stereocenters. The van der Waals surface area contributed by atoms with E-state index in [0.717, 1.165) is 6.42 Å². The van der Waals surface area contributed by atoms with Crippen LogP contribution in [0.25, 0.3) is 0 Å². The van der Waals surface area contributed by atoms with Gasteiger partial charge >= 0.3 is 0 Å². The molecule has 0 aromatic rings. The van der Waals surface area contributed by atoms with Gasteiger partial charge in [-0.25, -0.2) is 0 Å². The minimum atomic E-state index is -1.68. The summed E-state index contributed by atoms with van der Waals surface area (Å²) in [4.78, 5) is 0. The first-order valence-corrected chi connectivity index (χ1v) is 8.85. The molecule has 0 bridgehead atoms. The standard InChI is InChI=1S/C12H28O2Si/c1-8-11(10(2)9-13)14-15(6,7)12(3,4)5/h10-11,13H,8-9H2,1-7H3/t10-,11+/m0/s1. The number of rotatable bonds is 5. The number of aliphatic hydroxyl groups is 1. The topological polar surface area (TPSA) is 29.5 Å². The lowest BCUT2D eigenvalue weighted by molar-refractivity contribution is 0.0822. The summed E-state index contributed by atoms with van der Waals surface area (Å²) in [5.74, 6) is 0.240. The summed E-state index contributed by atoms with van der Waals surface area (Å²) in [6, 6.07) is 0. The monoisotopic (exact) mass is 232 g/mol. The van der Waals surface area contributed by atoms with Crippen molar-refractivity contribution >= 4 is 8.32 Å². The van der Waals surface area contributed by atoms with Gasteiger partial charge in [0.1, 0.15) is 0 Å². The highest BCUT2D eigenvalue weighted by molar-refractivity contribution is 6.74. The number of hydrogen-bond acceptors (Lipinski definition) is 2. The summed E-state index contributed by atoms with van der Waals surface area (Å²) in [6.07, 6.45) is 1.18. The minimum Gasteiger partial charge on any atom is -0.414 e. The highest BCUT2D eigenvalue weighted by atomic mass is 28.4. The molecule has 2 nitrogen and oxygen atoms in total. The molecular weight excluding hydrogens is 204 g/mol. The molecule has 0 rings (SSSR count). The molecule has 0 aliphatic heterocycles. The first-order valence-electron chi connectivity index (χ1n) is 5.94. The van der Waals surface area contributed by atoms with E-state index in [0.29, 0.717) is 0 Å². The van der Waals surface area contributed by atoms with Crippen LogP contribution in [-0.4, -0.2) is 26.1 Å². The van der Waals surface area contributed by atoms with Crippen LogP contribution in [0.2, 0.25) is 18.1 Å². The van der Waals surface area contributed by atoms with E-state index in [-0.39, 0.29) is 23.7 Å². The largest absolute Gasteiger partial charge is 0.414 e. The molecule has 0 aliphatic rings. The van der Waals surface area contributed by atoms with Gasteiger partial charge in [0, 0.05) is 18.6 Å². The van der Waals surface area contributed by atoms with Crippen molar-refractivity contribution in [2.45, 2.75) is 65.3 Å². The van der Waals surface area contributed by atoms with Gasteiger partial charge in [0.15, 0.2) is 8.32 Å². The van der Waals surface area contributed by atoms with Crippen molar-refractivity contribution < 1.29 is 9.53 Å². The zero-order chi connectivity index (χ0) is 12.3. The third-order valence-corrected chi connectivity index (χ3v) is 8.08. The van der Waals surface area contributed by atoms with Crippen LogP contribution in [0.4, 0.5) is 0 Å².